The number of nitrogens with zero attached hydrogens (tertiary/aromatic N) is 1. The molecule has 0 spiro atoms. The average molecular weight is 468 g/mol. The fourth-order valence-electron chi connectivity index (χ4n) is 3.92. The van der Waals surface area contributed by atoms with Gasteiger partial charge in [0.15, 0.2) is 0 Å². The van der Waals surface area contributed by atoms with E-state index in [4.69, 9.17) is 37.1 Å². The van der Waals surface area contributed by atoms with Crippen LogP contribution >= 0.6 is 23.2 Å². The summed E-state index contributed by atoms with van der Waals surface area (Å²) in [5.41, 5.74) is 3.52. The summed E-state index contributed by atoms with van der Waals surface area (Å²) in [5.74, 6) is 1.45. The highest BCUT2D eigenvalue weighted by atomic mass is 35.5. The molecule has 32 heavy (non-hydrogen) atoms. The normalized spacial score (nSPS) is 13.6. The van der Waals surface area contributed by atoms with Crippen LogP contribution in [0.15, 0.2) is 70.1 Å². The zero-order valence-electron chi connectivity index (χ0n) is 17.2. The molecule has 1 aromatic heterocycles. The van der Waals surface area contributed by atoms with Crippen molar-refractivity contribution in [2.45, 2.75) is 13.1 Å². The van der Waals surface area contributed by atoms with E-state index in [0.717, 1.165) is 28.2 Å². The summed E-state index contributed by atoms with van der Waals surface area (Å²) in [7, 11) is 1.61. The first-order valence-corrected chi connectivity index (χ1v) is 10.8. The fourth-order valence-corrected chi connectivity index (χ4v) is 4.38. The van der Waals surface area contributed by atoms with E-state index in [1.807, 2.05) is 42.5 Å². The molecule has 0 atom stereocenters. The van der Waals surface area contributed by atoms with Crippen molar-refractivity contribution in [2.24, 2.45) is 0 Å². The predicted molar refractivity (Wildman–Crippen MR) is 126 cm³/mol. The molecule has 2 heterocycles. The van der Waals surface area contributed by atoms with Crippen LogP contribution in [-0.4, -0.2) is 18.7 Å². The van der Waals surface area contributed by atoms with Crippen LogP contribution in [0.5, 0.6) is 11.5 Å². The summed E-state index contributed by atoms with van der Waals surface area (Å²) < 4.78 is 17.1. The Morgan fingerprint density at radius 3 is 2.62 bits per heavy atom. The van der Waals surface area contributed by atoms with Crippen LogP contribution in [0.3, 0.4) is 0 Å². The first kappa shape index (κ1) is 20.9. The lowest BCUT2D eigenvalue weighted by atomic mass is 10.0. The third-order valence-corrected chi connectivity index (χ3v) is 6.18. The third-order valence-electron chi connectivity index (χ3n) is 5.60. The SMILES string of the molecule is COc1ccc(-c2coc3c4c(ccc3c2=O)OCN(Cc2ccc(Cl)cc2Cl)C4)cc1. The Bertz CT molecular complexity index is 1370. The number of halogens is 2. The minimum atomic E-state index is -0.0860. The van der Waals surface area contributed by atoms with Crippen molar-refractivity contribution in [1.82, 2.24) is 4.90 Å². The number of methoxy groups -OCH3 is 1. The summed E-state index contributed by atoms with van der Waals surface area (Å²) in [6.45, 7) is 1.56. The van der Waals surface area contributed by atoms with Crippen LogP contribution in [0.25, 0.3) is 22.1 Å². The van der Waals surface area contributed by atoms with E-state index < -0.39 is 0 Å². The largest absolute Gasteiger partial charge is 0.497 e. The smallest absolute Gasteiger partial charge is 0.200 e. The van der Waals surface area contributed by atoms with Gasteiger partial charge in [0.2, 0.25) is 5.43 Å². The Morgan fingerprint density at radius 2 is 1.88 bits per heavy atom. The molecular formula is C25H19Cl2NO4. The molecule has 5 rings (SSSR count). The first-order chi connectivity index (χ1) is 15.5. The average Bonchev–Trinajstić information content (AvgIpc) is 2.81. The van der Waals surface area contributed by atoms with Gasteiger partial charge in [-0.15, -0.1) is 0 Å². The van der Waals surface area contributed by atoms with E-state index >= 15 is 0 Å². The Kier molecular flexibility index (Phi) is 5.55. The second-order valence-corrected chi connectivity index (χ2v) is 8.47. The number of fused-ring (bicyclic) bond motifs is 3. The van der Waals surface area contributed by atoms with E-state index in [9.17, 15) is 4.79 Å². The third kappa shape index (κ3) is 3.84. The number of ether oxygens (including phenoxy) is 2. The lowest BCUT2D eigenvalue weighted by Crippen LogP contribution is -2.31. The van der Waals surface area contributed by atoms with E-state index in [1.165, 1.54) is 6.26 Å². The summed E-state index contributed by atoms with van der Waals surface area (Å²) in [6, 6.07) is 16.4. The molecule has 0 bridgehead atoms. The molecule has 1 aliphatic rings. The lowest BCUT2D eigenvalue weighted by molar-refractivity contribution is 0.0890. The van der Waals surface area contributed by atoms with Gasteiger partial charge in [-0.05, 0) is 47.5 Å². The minimum Gasteiger partial charge on any atom is -0.497 e. The molecule has 0 aliphatic carbocycles. The first-order valence-electron chi connectivity index (χ1n) is 10.0. The van der Waals surface area contributed by atoms with Crippen molar-refractivity contribution in [3.63, 3.8) is 0 Å². The maximum Gasteiger partial charge on any atom is 0.200 e. The van der Waals surface area contributed by atoms with Crippen molar-refractivity contribution in [1.29, 1.82) is 0 Å². The lowest BCUT2D eigenvalue weighted by Gasteiger charge is -2.29. The molecule has 0 unspecified atom stereocenters. The van der Waals surface area contributed by atoms with Gasteiger partial charge >= 0.3 is 0 Å². The molecule has 0 amide bonds. The van der Waals surface area contributed by atoms with Crippen molar-refractivity contribution >= 4 is 34.2 Å². The minimum absolute atomic E-state index is 0.0860. The van der Waals surface area contributed by atoms with Crippen LogP contribution in [0.2, 0.25) is 10.0 Å². The number of hydrogen-bond donors (Lipinski definition) is 0. The topological polar surface area (TPSA) is 51.9 Å². The van der Waals surface area contributed by atoms with Crippen molar-refractivity contribution < 1.29 is 13.9 Å². The van der Waals surface area contributed by atoms with E-state index in [0.29, 0.717) is 46.4 Å². The number of rotatable bonds is 4. The van der Waals surface area contributed by atoms with Gasteiger partial charge in [0.05, 0.1) is 23.6 Å². The Hall–Kier alpha value is -2.99. The highest BCUT2D eigenvalue weighted by molar-refractivity contribution is 6.35. The van der Waals surface area contributed by atoms with E-state index in [1.54, 1.807) is 19.2 Å². The molecular weight excluding hydrogens is 449 g/mol. The number of hydrogen-bond acceptors (Lipinski definition) is 5. The molecule has 7 heteroatoms. The maximum atomic E-state index is 13.2. The highest BCUT2D eigenvalue weighted by Crippen LogP contribution is 2.34. The molecule has 0 saturated carbocycles. The molecule has 3 aromatic carbocycles. The van der Waals surface area contributed by atoms with E-state index in [2.05, 4.69) is 4.90 Å². The van der Waals surface area contributed by atoms with Gasteiger partial charge in [-0.2, -0.15) is 0 Å². The zero-order valence-corrected chi connectivity index (χ0v) is 18.7. The monoisotopic (exact) mass is 467 g/mol. The summed E-state index contributed by atoms with van der Waals surface area (Å²) in [4.78, 5) is 15.3. The van der Waals surface area contributed by atoms with Gasteiger partial charge in [-0.25, -0.2) is 0 Å². The second-order valence-electron chi connectivity index (χ2n) is 7.62. The maximum absolute atomic E-state index is 13.2. The van der Waals surface area contributed by atoms with Crippen LogP contribution < -0.4 is 14.9 Å². The Morgan fingerprint density at radius 1 is 1.06 bits per heavy atom. The van der Waals surface area contributed by atoms with Gasteiger partial charge in [0.1, 0.15) is 30.1 Å². The van der Waals surface area contributed by atoms with Crippen LogP contribution in [0, 0.1) is 0 Å². The quantitative estimate of drug-likeness (QED) is 0.361. The second kappa shape index (κ2) is 8.51. The molecule has 0 fully saturated rings. The van der Waals surface area contributed by atoms with Crippen molar-refractivity contribution in [3.05, 3.63) is 92.3 Å². The summed E-state index contributed by atoms with van der Waals surface area (Å²) in [5, 5.41) is 1.73. The van der Waals surface area contributed by atoms with E-state index in [-0.39, 0.29) is 5.43 Å². The highest BCUT2D eigenvalue weighted by Gasteiger charge is 2.23. The van der Waals surface area contributed by atoms with Crippen LogP contribution in [0.4, 0.5) is 0 Å². The standard InChI is InChI=1S/C25H19Cl2NO4/c1-30-18-6-3-15(4-7-18)21-13-31-25-19(24(21)29)8-9-23-20(25)12-28(14-32-23)11-16-2-5-17(26)10-22(16)27/h2-10,13H,11-12,14H2,1H3. The molecule has 1 aliphatic heterocycles. The molecule has 5 nitrogen and oxygen atoms in total. The van der Waals surface area contributed by atoms with Gasteiger partial charge in [-0.1, -0.05) is 41.4 Å². The van der Waals surface area contributed by atoms with Crippen LogP contribution in [0.1, 0.15) is 11.1 Å². The van der Waals surface area contributed by atoms with Crippen molar-refractivity contribution in [2.75, 3.05) is 13.8 Å². The zero-order chi connectivity index (χ0) is 22.2. The summed E-state index contributed by atoms with van der Waals surface area (Å²) >= 11 is 12.3. The Labute approximate surface area is 194 Å². The number of benzene rings is 3. The molecule has 4 aromatic rings. The molecule has 162 valence electrons. The van der Waals surface area contributed by atoms with Crippen LogP contribution in [-0.2, 0) is 13.1 Å². The Balaban J connectivity index is 1.49. The van der Waals surface area contributed by atoms with Gasteiger partial charge in [-0.3, -0.25) is 9.69 Å². The van der Waals surface area contributed by atoms with Crippen molar-refractivity contribution in [3.8, 4) is 22.6 Å². The van der Waals surface area contributed by atoms with Gasteiger partial charge < -0.3 is 13.9 Å². The summed E-state index contributed by atoms with van der Waals surface area (Å²) in [6.07, 6.45) is 1.52. The van der Waals surface area contributed by atoms with Gasteiger partial charge in [0, 0.05) is 23.1 Å². The predicted octanol–water partition coefficient (Wildman–Crippen LogP) is 6.13. The van der Waals surface area contributed by atoms with Gasteiger partial charge in [0.25, 0.3) is 0 Å². The molecule has 0 saturated heterocycles. The fraction of sp³-hybridized carbons (Fsp3) is 0.160. The molecule has 0 radical (unpaired) electrons. The molecule has 0 N–H and O–H groups in total.